The van der Waals surface area contributed by atoms with Crippen LogP contribution in [0.4, 0.5) is 0 Å². The van der Waals surface area contributed by atoms with E-state index in [2.05, 4.69) is 12.2 Å². The Balaban J connectivity index is 1.73. The maximum absolute atomic E-state index is 12.9. The van der Waals surface area contributed by atoms with Gasteiger partial charge >= 0.3 is 0 Å². The van der Waals surface area contributed by atoms with Crippen LogP contribution in [0.25, 0.3) is 0 Å². The molecule has 2 atom stereocenters. The van der Waals surface area contributed by atoms with Crippen molar-refractivity contribution in [2.45, 2.75) is 44.1 Å². The summed E-state index contributed by atoms with van der Waals surface area (Å²) in [7, 11) is 0. The highest BCUT2D eigenvalue weighted by atomic mass is 32.2. The van der Waals surface area contributed by atoms with Crippen molar-refractivity contribution in [3.8, 4) is 0 Å². The summed E-state index contributed by atoms with van der Waals surface area (Å²) in [6.07, 6.45) is 2.30. The normalized spacial score (nSPS) is 19.1. The van der Waals surface area contributed by atoms with Crippen molar-refractivity contribution < 1.29 is 9.59 Å². The van der Waals surface area contributed by atoms with Crippen LogP contribution >= 0.6 is 11.8 Å². The highest BCUT2D eigenvalue weighted by Gasteiger charge is 2.41. The molecule has 0 aliphatic carbocycles. The van der Waals surface area contributed by atoms with Gasteiger partial charge in [-0.3, -0.25) is 9.59 Å². The Morgan fingerprint density at radius 1 is 1.07 bits per heavy atom. The largest absolute Gasteiger partial charge is 0.350 e. The number of amides is 2. The van der Waals surface area contributed by atoms with E-state index in [1.54, 1.807) is 16.7 Å². The van der Waals surface area contributed by atoms with Gasteiger partial charge in [0.05, 0.1) is 0 Å². The number of unbranched alkanes of at least 4 members (excludes halogenated alkanes) is 1. The van der Waals surface area contributed by atoms with Crippen LogP contribution in [0.15, 0.2) is 60.7 Å². The number of carbonyl (C=O) groups excluding carboxylic acids is 2. The first kappa shape index (κ1) is 19.5. The van der Waals surface area contributed by atoms with Crippen molar-refractivity contribution >= 4 is 23.6 Å². The molecule has 1 heterocycles. The van der Waals surface area contributed by atoms with Gasteiger partial charge in [0, 0.05) is 18.7 Å². The zero-order valence-corrected chi connectivity index (χ0v) is 16.5. The van der Waals surface area contributed by atoms with Crippen molar-refractivity contribution in [3.05, 3.63) is 71.8 Å². The first-order valence-corrected chi connectivity index (χ1v) is 10.5. The second-order valence-corrected chi connectivity index (χ2v) is 7.83. The number of hydrogen-bond donors (Lipinski definition) is 1. The standard InChI is InChI=1S/C22H26N2O2S/c1-2-3-14-20(25)24-19(16-27-22(24)18-12-8-5-9-13-18)21(26)23-15-17-10-6-4-7-11-17/h4-13,19,22H,2-3,14-16H2,1H3,(H,23,26). The molecule has 142 valence electrons. The van der Waals surface area contributed by atoms with E-state index < -0.39 is 6.04 Å². The molecule has 5 heteroatoms. The smallest absolute Gasteiger partial charge is 0.243 e. The van der Waals surface area contributed by atoms with Crippen molar-refractivity contribution in [3.63, 3.8) is 0 Å². The Morgan fingerprint density at radius 3 is 2.41 bits per heavy atom. The Hall–Kier alpha value is -2.27. The molecule has 3 rings (SSSR count). The van der Waals surface area contributed by atoms with Gasteiger partial charge in [0.1, 0.15) is 11.4 Å². The molecule has 1 aliphatic rings. The molecular formula is C22H26N2O2S. The number of rotatable bonds is 7. The summed E-state index contributed by atoms with van der Waals surface area (Å²) in [5, 5.41) is 2.91. The summed E-state index contributed by atoms with van der Waals surface area (Å²) in [6, 6.07) is 19.4. The summed E-state index contributed by atoms with van der Waals surface area (Å²) in [4.78, 5) is 27.6. The molecule has 2 aromatic rings. The van der Waals surface area contributed by atoms with Crippen molar-refractivity contribution in [2.24, 2.45) is 0 Å². The van der Waals surface area contributed by atoms with Crippen LogP contribution in [0, 0.1) is 0 Å². The van der Waals surface area contributed by atoms with E-state index in [1.807, 2.05) is 60.7 Å². The molecule has 1 saturated heterocycles. The Bertz CT molecular complexity index is 751. The Morgan fingerprint density at radius 2 is 1.74 bits per heavy atom. The number of carbonyl (C=O) groups is 2. The van der Waals surface area contributed by atoms with Crippen LogP contribution in [0.5, 0.6) is 0 Å². The van der Waals surface area contributed by atoms with E-state index in [0.29, 0.717) is 18.7 Å². The second kappa shape index (κ2) is 9.60. The number of benzene rings is 2. The van der Waals surface area contributed by atoms with Gasteiger partial charge in [-0.15, -0.1) is 11.8 Å². The first-order valence-electron chi connectivity index (χ1n) is 9.50. The lowest BCUT2D eigenvalue weighted by Gasteiger charge is -2.29. The van der Waals surface area contributed by atoms with Gasteiger partial charge in [0.15, 0.2) is 0 Å². The zero-order valence-electron chi connectivity index (χ0n) is 15.6. The first-order chi connectivity index (χ1) is 13.2. The third kappa shape index (κ3) is 4.92. The zero-order chi connectivity index (χ0) is 19.1. The van der Waals surface area contributed by atoms with Gasteiger partial charge in [-0.05, 0) is 17.5 Å². The molecule has 27 heavy (non-hydrogen) atoms. The van der Waals surface area contributed by atoms with Crippen LogP contribution in [0.2, 0.25) is 0 Å². The number of hydrogen-bond acceptors (Lipinski definition) is 3. The molecule has 0 aromatic heterocycles. The Labute approximate surface area is 165 Å². The monoisotopic (exact) mass is 382 g/mol. The summed E-state index contributed by atoms with van der Waals surface area (Å²) in [6.45, 7) is 2.55. The molecule has 2 aromatic carbocycles. The quantitative estimate of drug-likeness (QED) is 0.783. The predicted octanol–water partition coefficient (Wildman–Crippen LogP) is 4.14. The molecule has 2 amide bonds. The van der Waals surface area contributed by atoms with E-state index in [0.717, 1.165) is 24.0 Å². The maximum Gasteiger partial charge on any atom is 0.243 e. The molecule has 1 N–H and O–H groups in total. The van der Waals surface area contributed by atoms with Gasteiger partial charge in [0.25, 0.3) is 0 Å². The maximum atomic E-state index is 12.9. The van der Waals surface area contributed by atoms with E-state index in [1.165, 1.54) is 0 Å². The fourth-order valence-electron chi connectivity index (χ4n) is 3.25. The summed E-state index contributed by atoms with van der Waals surface area (Å²) in [5.74, 6) is 0.614. The van der Waals surface area contributed by atoms with Crippen LogP contribution in [0.3, 0.4) is 0 Å². The second-order valence-electron chi connectivity index (χ2n) is 6.72. The number of nitrogens with one attached hydrogen (secondary N) is 1. The average Bonchev–Trinajstić information content (AvgIpc) is 3.17. The summed E-state index contributed by atoms with van der Waals surface area (Å²) in [5.41, 5.74) is 2.13. The highest BCUT2D eigenvalue weighted by Crippen LogP contribution is 2.41. The van der Waals surface area contributed by atoms with Gasteiger partial charge in [-0.1, -0.05) is 74.0 Å². The molecule has 1 fully saturated rings. The highest BCUT2D eigenvalue weighted by molar-refractivity contribution is 7.99. The fraction of sp³-hybridized carbons (Fsp3) is 0.364. The molecule has 0 saturated carbocycles. The lowest BCUT2D eigenvalue weighted by Crippen LogP contribution is -2.47. The summed E-state index contributed by atoms with van der Waals surface area (Å²) < 4.78 is 0. The SMILES string of the molecule is CCCCC(=O)N1C(C(=O)NCc2ccccc2)CSC1c1ccccc1. The fourth-order valence-corrected chi connectivity index (χ4v) is 4.70. The third-order valence-corrected chi connectivity index (χ3v) is 6.05. The van der Waals surface area contributed by atoms with Gasteiger partial charge < -0.3 is 10.2 Å². The molecule has 1 aliphatic heterocycles. The third-order valence-electron chi connectivity index (χ3n) is 4.73. The molecule has 0 bridgehead atoms. The molecule has 2 unspecified atom stereocenters. The van der Waals surface area contributed by atoms with Crippen molar-refractivity contribution in [1.82, 2.24) is 10.2 Å². The van der Waals surface area contributed by atoms with Gasteiger partial charge in [-0.25, -0.2) is 0 Å². The molecule has 0 radical (unpaired) electrons. The molecule has 4 nitrogen and oxygen atoms in total. The van der Waals surface area contributed by atoms with E-state index in [-0.39, 0.29) is 17.2 Å². The van der Waals surface area contributed by atoms with E-state index in [4.69, 9.17) is 0 Å². The van der Waals surface area contributed by atoms with Crippen LogP contribution in [-0.4, -0.2) is 28.5 Å². The average molecular weight is 383 g/mol. The Kier molecular flexibility index (Phi) is 6.93. The minimum Gasteiger partial charge on any atom is -0.350 e. The molecule has 0 spiro atoms. The lowest BCUT2D eigenvalue weighted by molar-refractivity contribution is -0.140. The topological polar surface area (TPSA) is 49.4 Å². The van der Waals surface area contributed by atoms with E-state index >= 15 is 0 Å². The number of nitrogens with zero attached hydrogens (tertiary/aromatic N) is 1. The van der Waals surface area contributed by atoms with E-state index in [9.17, 15) is 9.59 Å². The van der Waals surface area contributed by atoms with Crippen LogP contribution < -0.4 is 5.32 Å². The van der Waals surface area contributed by atoms with Crippen molar-refractivity contribution in [2.75, 3.05) is 5.75 Å². The minimum absolute atomic E-state index is 0.0653. The minimum atomic E-state index is -0.423. The lowest BCUT2D eigenvalue weighted by atomic mass is 10.1. The molecular weight excluding hydrogens is 356 g/mol. The van der Waals surface area contributed by atoms with Crippen molar-refractivity contribution in [1.29, 1.82) is 0 Å². The number of thioether (sulfide) groups is 1. The van der Waals surface area contributed by atoms with Gasteiger partial charge in [0.2, 0.25) is 11.8 Å². The summed E-state index contributed by atoms with van der Waals surface area (Å²) >= 11 is 1.67. The van der Waals surface area contributed by atoms with Gasteiger partial charge in [-0.2, -0.15) is 0 Å². The predicted molar refractivity (Wildman–Crippen MR) is 110 cm³/mol. The van der Waals surface area contributed by atoms with Crippen LogP contribution in [0.1, 0.15) is 42.7 Å². The van der Waals surface area contributed by atoms with Crippen LogP contribution in [-0.2, 0) is 16.1 Å².